The molecular formula is C19H21N5O3S. The van der Waals surface area contributed by atoms with Crippen LogP contribution in [0.2, 0.25) is 0 Å². The fourth-order valence-electron chi connectivity index (χ4n) is 2.47. The fraction of sp³-hybridized carbons (Fsp3) is 0.263. The molecule has 1 atom stereocenters. The Morgan fingerprint density at radius 2 is 1.96 bits per heavy atom. The number of amides is 2. The molecule has 0 bridgehead atoms. The topological polar surface area (TPSA) is 98.3 Å². The third-order valence-corrected chi connectivity index (χ3v) is 4.68. The second-order valence-electron chi connectivity index (χ2n) is 6.00. The summed E-state index contributed by atoms with van der Waals surface area (Å²) in [7, 11) is 1.58. The minimum absolute atomic E-state index is 0.239. The summed E-state index contributed by atoms with van der Waals surface area (Å²) in [6.45, 7) is 4.13. The van der Waals surface area contributed by atoms with Crippen molar-refractivity contribution in [1.82, 2.24) is 20.5 Å². The van der Waals surface area contributed by atoms with Crippen molar-refractivity contribution in [3.63, 3.8) is 0 Å². The third kappa shape index (κ3) is 5.17. The van der Waals surface area contributed by atoms with Crippen LogP contribution in [0, 0.1) is 6.92 Å². The summed E-state index contributed by atoms with van der Waals surface area (Å²) in [5.41, 5.74) is 1.90. The first kappa shape index (κ1) is 19.6. The highest BCUT2D eigenvalue weighted by Gasteiger charge is 2.14. The molecule has 0 saturated carbocycles. The van der Waals surface area contributed by atoms with E-state index in [1.807, 2.05) is 44.2 Å². The normalized spacial score (nSPS) is 11.5. The summed E-state index contributed by atoms with van der Waals surface area (Å²) in [5.74, 6) is 1.23. The van der Waals surface area contributed by atoms with E-state index < -0.39 is 0 Å². The Kier molecular flexibility index (Phi) is 6.38. The smallest absolute Gasteiger partial charge is 0.321 e. The average Bonchev–Trinajstić information content (AvgIpc) is 3.11. The highest BCUT2D eigenvalue weighted by atomic mass is 32.1. The quantitative estimate of drug-likeness (QED) is 0.628. The van der Waals surface area contributed by atoms with Crippen molar-refractivity contribution in [2.45, 2.75) is 26.5 Å². The lowest BCUT2D eigenvalue weighted by Gasteiger charge is -2.17. The molecule has 3 rings (SSSR count). The van der Waals surface area contributed by atoms with E-state index in [9.17, 15) is 4.79 Å². The predicted molar refractivity (Wildman–Crippen MR) is 107 cm³/mol. The lowest BCUT2D eigenvalue weighted by atomic mass is 10.1. The number of urea groups is 1. The second kappa shape index (κ2) is 9.14. The molecule has 0 aliphatic carbocycles. The molecule has 8 nitrogen and oxygen atoms in total. The number of hydrogen-bond donors (Lipinski definition) is 2. The summed E-state index contributed by atoms with van der Waals surface area (Å²) in [4.78, 5) is 16.1. The molecule has 2 amide bonds. The lowest BCUT2D eigenvalue weighted by molar-refractivity contribution is 0.249. The number of methoxy groups -OCH3 is 1. The molecular weight excluding hydrogens is 378 g/mol. The van der Waals surface area contributed by atoms with Crippen LogP contribution >= 0.6 is 11.3 Å². The number of hydrogen-bond acceptors (Lipinski definition) is 7. The SMILES string of the molecule is COc1cc([C@@H](C)NC(=O)Nc2nnc(C)s2)ccc1OCc1ccncc1. The number of carbonyl (C=O) groups is 1. The highest BCUT2D eigenvalue weighted by Crippen LogP contribution is 2.31. The monoisotopic (exact) mass is 399 g/mol. The molecule has 3 aromatic rings. The van der Waals surface area contributed by atoms with Crippen LogP contribution in [0.1, 0.15) is 29.1 Å². The van der Waals surface area contributed by atoms with Crippen molar-refractivity contribution in [3.05, 3.63) is 58.9 Å². The van der Waals surface area contributed by atoms with E-state index >= 15 is 0 Å². The first-order valence-corrected chi connectivity index (χ1v) is 9.44. The number of carbonyl (C=O) groups excluding carboxylic acids is 1. The van der Waals surface area contributed by atoms with Gasteiger partial charge in [0.25, 0.3) is 0 Å². The summed E-state index contributed by atoms with van der Waals surface area (Å²) in [5, 5.41) is 14.5. The van der Waals surface area contributed by atoms with Crippen LogP contribution in [0.3, 0.4) is 0 Å². The Hall–Kier alpha value is -3.20. The van der Waals surface area contributed by atoms with Crippen molar-refractivity contribution in [3.8, 4) is 11.5 Å². The van der Waals surface area contributed by atoms with Crippen LogP contribution in [0.15, 0.2) is 42.7 Å². The largest absolute Gasteiger partial charge is 0.493 e. The summed E-state index contributed by atoms with van der Waals surface area (Å²) in [6, 6.07) is 8.78. The van der Waals surface area contributed by atoms with Gasteiger partial charge in [0.2, 0.25) is 5.13 Å². The van der Waals surface area contributed by atoms with Crippen LogP contribution in [-0.4, -0.2) is 28.3 Å². The van der Waals surface area contributed by atoms with Crippen LogP contribution in [0.25, 0.3) is 0 Å². The first-order valence-electron chi connectivity index (χ1n) is 8.62. The first-order chi connectivity index (χ1) is 13.5. The molecule has 9 heteroatoms. The van der Waals surface area contributed by atoms with Crippen molar-refractivity contribution in [2.24, 2.45) is 0 Å². The summed E-state index contributed by atoms with van der Waals surface area (Å²) in [6.07, 6.45) is 3.45. The van der Waals surface area contributed by atoms with Gasteiger partial charge in [0.15, 0.2) is 11.5 Å². The zero-order valence-corrected chi connectivity index (χ0v) is 16.6. The number of rotatable bonds is 7. The van der Waals surface area contributed by atoms with Gasteiger partial charge < -0.3 is 14.8 Å². The molecule has 0 saturated heterocycles. The Labute approximate surface area is 166 Å². The maximum atomic E-state index is 12.1. The van der Waals surface area contributed by atoms with Crippen molar-refractivity contribution in [2.75, 3.05) is 12.4 Å². The molecule has 2 heterocycles. The number of aryl methyl sites for hydroxylation is 1. The molecule has 28 heavy (non-hydrogen) atoms. The predicted octanol–water partition coefficient (Wildman–Crippen LogP) is 3.71. The van der Waals surface area contributed by atoms with E-state index in [1.165, 1.54) is 11.3 Å². The molecule has 2 aromatic heterocycles. The molecule has 1 aromatic carbocycles. The van der Waals surface area contributed by atoms with Crippen molar-refractivity contribution in [1.29, 1.82) is 0 Å². The van der Waals surface area contributed by atoms with Crippen LogP contribution in [0.5, 0.6) is 11.5 Å². The Morgan fingerprint density at radius 3 is 2.64 bits per heavy atom. The van der Waals surface area contributed by atoms with Gasteiger partial charge in [0.1, 0.15) is 11.6 Å². The Bertz CT molecular complexity index is 932. The average molecular weight is 399 g/mol. The van der Waals surface area contributed by atoms with Gasteiger partial charge in [-0.2, -0.15) is 0 Å². The van der Waals surface area contributed by atoms with E-state index in [0.717, 1.165) is 16.1 Å². The molecule has 0 spiro atoms. The van der Waals surface area contributed by atoms with Crippen molar-refractivity contribution < 1.29 is 14.3 Å². The Morgan fingerprint density at radius 1 is 1.18 bits per heavy atom. The standard InChI is InChI=1S/C19H21N5O3S/c1-12(21-18(25)22-19-24-23-13(2)28-19)15-4-5-16(17(10-15)26-3)27-11-14-6-8-20-9-7-14/h4-10,12H,11H2,1-3H3,(H2,21,22,24,25)/t12-/m1/s1. The van der Waals surface area contributed by atoms with Gasteiger partial charge >= 0.3 is 6.03 Å². The highest BCUT2D eigenvalue weighted by molar-refractivity contribution is 7.15. The zero-order valence-electron chi connectivity index (χ0n) is 15.8. The van der Waals surface area contributed by atoms with E-state index in [-0.39, 0.29) is 12.1 Å². The van der Waals surface area contributed by atoms with E-state index in [4.69, 9.17) is 9.47 Å². The number of nitrogens with one attached hydrogen (secondary N) is 2. The number of anilines is 1. The Balaban J connectivity index is 1.62. The van der Waals surface area contributed by atoms with Crippen LogP contribution in [-0.2, 0) is 6.61 Å². The number of benzene rings is 1. The maximum absolute atomic E-state index is 12.1. The number of pyridine rings is 1. The maximum Gasteiger partial charge on any atom is 0.321 e. The van der Waals surface area contributed by atoms with Gasteiger partial charge in [-0.1, -0.05) is 17.4 Å². The van der Waals surface area contributed by atoms with Crippen LogP contribution in [0.4, 0.5) is 9.93 Å². The molecule has 0 unspecified atom stereocenters. The van der Waals surface area contributed by atoms with Gasteiger partial charge in [0.05, 0.1) is 13.2 Å². The molecule has 0 radical (unpaired) electrons. The number of nitrogens with zero attached hydrogens (tertiary/aromatic N) is 3. The molecule has 146 valence electrons. The second-order valence-corrected chi connectivity index (χ2v) is 7.18. The third-order valence-electron chi connectivity index (χ3n) is 3.93. The number of aromatic nitrogens is 3. The minimum atomic E-state index is -0.347. The zero-order chi connectivity index (χ0) is 19.9. The van der Waals surface area contributed by atoms with E-state index in [0.29, 0.717) is 23.2 Å². The van der Waals surface area contributed by atoms with Crippen LogP contribution < -0.4 is 20.1 Å². The molecule has 0 aliphatic rings. The summed E-state index contributed by atoms with van der Waals surface area (Å²) >= 11 is 1.32. The number of ether oxygens (including phenoxy) is 2. The van der Waals surface area contributed by atoms with Gasteiger partial charge in [-0.3, -0.25) is 10.3 Å². The minimum Gasteiger partial charge on any atom is -0.493 e. The fourth-order valence-corrected chi connectivity index (χ4v) is 3.06. The van der Waals surface area contributed by atoms with Gasteiger partial charge in [-0.15, -0.1) is 10.2 Å². The van der Waals surface area contributed by atoms with Gasteiger partial charge in [-0.05, 0) is 49.2 Å². The van der Waals surface area contributed by atoms with E-state index in [2.05, 4.69) is 25.8 Å². The van der Waals surface area contributed by atoms with Gasteiger partial charge in [-0.25, -0.2) is 4.79 Å². The molecule has 0 aliphatic heterocycles. The van der Waals surface area contributed by atoms with Gasteiger partial charge in [0, 0.05) is 12.4 Å². The molecule has 0 fully saturated rings. The van der Waals surface area contributed by atoms with E-state index in [1.54, 1.807) is 19.5 Å². The summed E-state index contributed by atoms with van der Waals surface area (Å²) < 4.78 is 11.3. The lowest BCUT2D eigenvalue weighted by Crippen LogP contribution is -2.31. The van der Waals surface area contributed by atoms with Crippen molar-refractivity contribution >= 4 is 22.5 Å². The molecule has 2 N–H and O–H groups in total.